The van der Waals surface area contributed by atoms with Crippen molar-refractivity contribution in [2.24, 2.45) is 0 Å². The SMILES string of the molecule is O=C(c1ccccn1)N1CCN(S(=O)(=O)c2ccc3[nH]c(=O)sc3c2)CC1. The Kier molecular flexibility index (Phi) is 4.54. The summed E-state index contributed by atoms with van der Waals surface area (Å²) < 4.78 is 27.8. The van der Waals surface area contributed by atoms with Crippen LogP contribution in [0, 0.1) is 0 Å². The lowest BCUT2D eigenvalue weighted by molar-refractivity contribution is 0.0692. The number of rotatable bonds is 3. The number of thiazole rings is 1. The first kappa shape index (κ1) is 17.8. The molecule has 0 atom stereocenters. The maximum atomic E-state index is 12.9. The third-order valence-electron chi connectivity index (χ3n) is 4.44. The van der Waals surface area contributed by atoms with Crippen molar-refractivity contribution in [3.63, 3.8) is 0 Å². The fourth-order valence-electron chi connectivity index (χ4n) is 3.02. The van der Waals surface area contributed by atoms with Gasteiger partial charge in [0.05, 0.1) is 15.1 Å². The van der Waals surface area contributed by atoms with E-state index in [-0.39, 0.29) is 28.8 Å². The van der Waals surface area contributed by atoms with Gasteiger partial charge in [-0.1, -0.05) is 17.4 Å². The molecule has 1 fully saturated rings. The Hall–Kier alpha value is -2.56. The molecular formula is C17H16N4O4S2. The number of hydrogen-bond donors (Lipinski definition) is 1. The van der Waals surface area contributed by atoms with Gasteiger partial charge in [0.1, 0.15) is 5.69 Å². The number of carbonyl (C=O) groups excluding carboxylic acids is 1. The summed E-state index contributed by atoms with van der Waals surface area (Å²) in [7, 11) is -3.69. The highest BCUT2D eigenvalue weighted by molar-refractivity contribution is 7.89. The van der Waals surface area contributed by atoms with Crippen LogP contribution in [0.2, 0.25) is 0 Å². The smallest absolute Gasteiger partial charge is 0.305 e. The number of amides is 1. The molecule has 0 radical (unpaired) electrons. The molecule has 1 N–H and O–H groups in total. The van der Waals surface area contributed by atoms with Crippen LogP contribution in [0.15, 0.2) is 52.3 Å². The van der Waals surface area contributed by atoms with Gasteiger partial charge in [-0.25, -0.2) is 8.42 Å². The molecule has 1 aromatic carbocycles. The Labute approximate surface area is 159 Å². The lowest BCUT2D eigenvalue weighted by Crippen LogP contribution is -2.50. The van der Waals surface area contributed by atoms with Gasteiger partial charge < -0.3 is 9.88 Å². The molecule has 0 spiro atoms. The zero-order chi connectivity index (χ0) is 19.0. The highest BCUT2D eigenvalue weighted by Gasteiger charge is 2.31. The zero-order valence-corrected chi connectivity index (χ0v) is 15.8. The maximum absolute atomic E-state index is 12.9. The molecule has 0 aliphatic carbocycles. The van der Waals surface area contributed by atoms with Crippen molar-refractivity contribution in [1.82, 2.24) is 19.2 Å². The van der Waals surface area contributed by atoms with Crippen LogP contribution in [-0.4, -0.2) is 59.7 Å². The van der Waals surface area contributed by atoms with Gasteiger partial charge in [-0.15, -0.1) is 0 Å². The van der Waals surface area contributed by atoms with Crippen molar-refractivity contribution in [2.75, 3.05) is 26.2 Å². The number of carbonyl (C=O) groups is 1. The largest absolute Gasteiger partial charge is 0.335 e. The molecule has 1 aliphatic rings. The van der Waals surface area contributed by atoms with Gasteiger partial charge in [0.25, 0.3) is 5.91 Å². The molecule has 0 bridgehead atoms. The highest BCUT2D eigenvalue weighted by atomic mass is 32.2. The molecular weight excluding hydrogens is 388 g/mol. The molecule has 10 heteroatoms. The van der Waals surface area contributed by atoms with Crippen molar-refractivity contribution in [1.29, 1.82) is 0 Å². The quantitative estimate of drug-likeness (QED) is 0.705. The molecule has 4 rings (SSSR count). The predicted octanol–water partition coefficient (Wildman–Crippen LogP) is 1.13. The van der Waals surface area contributed by atoms with Crippen molar-refractivity contribution >= 4 is 37.5 Å². The van der Waals surface area contributed by atoms with E-state index in [1.165, 1.54) is 16.4 Å². The van der Waals surface area contributed by atoms with E-state index in [4.69, 9.17) is 0 Å². The first-order valence-electron chi connectivity index (χ1n) is 8.28. The van der Waals surface area contributed by atoms with Crippen molar-refractivity contribution < 1.29 is 13.2 Å². The van der Waals surface area contributed by atoms with E-state index in [0.717, 1.165) is 11.3 Å². The van der Waals surface area contributed by atoms with Gasteiger partial charge in [-0.05, 0) is 30.3 Å². The summed E-state index contributed by atoms with van der Waals surface area (Å²) >= 11 is 0.977. The number of piperazine rings is 1. The average Bonchev–Trinajstić information content (AvgIpc) is 3.07. The van der Waals surface area contributed by atoms with E-state index >= 15 is 0 Å². The van der Waals surface area contributed by atoms with Gasteiger partial charge >= 0.3 is 4.87 Å². The van der Waals surface area contributed by atoms with Gasteiger partial charge in [0.15, 0.2) is 0 Å². The topological polar surface area (TPSA) is 103 Å². The molecule has 140 valence electrons. The lowest BCUT2D eigenvalue weighted by Gasteiger charge is -2.33. The second kappa shape index (κ2) is 6.87. The minimum atomic E-state index is -3.69. The highest BCUT2D eigenvalue weighted by Crippen LogP contribution is 2.23. The number of sulfonamides is 1. The van der Waals surface area contributed by atoms with E-state index in [1.807, 2.05) is 0 Å². The minimum absolute atomic E-state index is 0.148. The number of benzene rings is 1. The summed E-state index contributed by atoms with van der Waals surface area (Å²) in [5.74, 6) is -0.203. The van der Waals surface area contributed by atoms with Gasteiger partial charge in [-0.3, -0.25) is 14.6 Å². The first-order chi connectivity index (χ1) is 12.9. The number of nitrogens with one attached hydrogen (secondary N) is 1. The van der Waals surface area contributed by atoms with Crippen LogP contribution in [0.25, 0.3) is 10.2 Å². The van der Waals surface area contributed by atoms with Crippen LogP contribution in [0.3, 0.4) is 0 Å². The first-order valence-corrected chi connectivity index (χ1v) is 10.5. The Bertz CT molecular complexity index is 1150. The second-order valence-electron chi connectivity index (χ2n) is 6.08. The fraction of sp³-hybridized carbons (Fsp3) is 0.235. The lowest BCUT2D eigenvalue weighted by atomic mass is 10.3. The van der Waals surface area contributed by atoms with Crippen molar-refractivity contribution in [3.8, 4) is 0 Å². The van der Waals surface area contributed by atoms with E-state index in [0.29, 0.717) is 29.0 Å². The molecule has 1 aliphatic heterocycles. The third kappa shape index (κ3) is 3.38. The van der Waals surface area contributed by atoms with Crippen LogP contribution < -0.4 is 4.87 Å². The summed E-state index contributed by atoms with van der Waals surface area (Å²) in [5.41, 5.74) is 0.969. The number of pyridine rings is 1. The molecule has 0 saturated carbocycles. The maximum Gasteiger partial charge on any atom is 0.305 e. The van der Waals surface area contributed by atoms with Gasteiger partial charge in [0, 0.05) is 32.4 Å². The summed E-state index contributed by atoms with van der Waals surface area (Å²) in [4.78, 5) is 32.1. The average molecular weight is 404 g/mol. The number of nitrogens with zero attached hydrogens (tertiary/aromatic N) is 3. The van der Waals surface area contributed by atoms with E-state index < -0.39 is 10.0 Å². The molecule has 8 nitrogen and oxygen atoms in total. The summed E-state index contributed by atoms with van der Waals surface area (Å²) in [5, 5.41) is 0. The second-order valence-corrected chi connectivity index (χ2v) is 9.04. The Morgan fingerprint density at radius 3 is 2.59 bits per heavy atom. The van der Waals surface area contributed by atoms with Crippen LogP contribution in [-0.2, 0) is 10.0 Å². The summed E-state index contributed by atoms with van der Waals surface area (Å²) in [6.45, 7) is 1.02. The Morgan fingerprint density at radius 1 is 1.11 bits per heavy atom. The zero-order valence-electron chi connectivity index (χ0n) is 14.2. The molecule has 0 unspecified atom stereocenters. The van der Waals surface area contributed by atoms with Crippen LogP contribution in [0.1, 0.15) is 10.5 Å². The van der Waals surface area contributed by atoms with Crippen molar-refractivity contribution in [2.45, 2.75) is 4.90 Å². The van der Waals surface area contributed by atoms with Gasteiger partial charge in [0.2, 0.25) is 10.0 Å². The molecule has 27 heavy (non-hydrogen) atoms. The minimum Gasteiger partial charge on any atom is -0.335 e. The predicted molar refractivity (Wildman–Crippen MR) is 101 cm³/mol. The third-order valence-corrected chi connectivity index (χ3v) is 7.18. The van der Waals surface area contributed by atoms with Crippen LogP contribution in [0.4, 0.5) is 0 Å². The van der Waals surface area contributed by atoms with E-state index in [1.54, 1.807) is 35.4 Å². The number of hydrogen-bond acceptors (Lipinski definition) is 6. The number of fused-ring (bicyclic) bond motifs is 1. The molecule has 1 amide bonds. The number of aromatic amines is 1. The standard InChI is InChI=1S/C17H16N4O4S2/c22-16(14-3-1-2-6-18-14)20-7-9-21(10-8-20)27(24,25)12-4-5-13-15(11-12)26-17(23)19-13/h1-6,11H,7-10H2,(H,19,23). The molecule has 2 aromatic heterocycles. The Balaban J connectivity index is 1.51. The fourth-order valence-corrected chi connectivity index (χ4v) is 5.32. The summed E-state index contributed by atoms with van der Waals surface area (Å²) in [6.07, 6.45) is 1.55. The van der Waals surface area contributed by atoms with Crippen molar-refractivity contribution in [3.05, 3.63) is 58.0 Å². The van der Waals surface area contributed by atoms with Gasteiger partial charge in [-0.2, -0.15) is 4.31 Å². The monoisotopic (exact) mass is 404 g/mol. The van der Waals surface area contributed by atoms with E-state index in [9.17, 15) is 18.0 Å². The van der Waals surface area contributed by atoms with Crippen LogP contribution in [0.5, 0.6) is 0 Å². The molecule has 3 aromatic rings. The molecule has 1 saturated heterocycles. The number of aromatic nitrogens is 2. The summed E-state index contributed by atoms with van der Waals surface area (Å²) in [6, 6.07) is 9.72. The normalized spacial score (nSPS) is 15.9. The van der Waals surface area contributed by atoms with E-state index in [2.05, 4.69) is 9.97 Å². The Morgan fingerprint density at radius 2 is 1.89 bits per heavy atom. The molecule has 3 heterocycles. The van der Waals surface area contributed by atoms with Crippen LogP contribution >= 0.6 is 11.3 Å². The number of H-pyrrole nitrogens is 1.